The molecule has 0 saturated carbocycles. The summed E-state index contributed by atoms with van der Waals surface area (Å²) in [5.74, 6) is 0. The zero-order valence-electron chi connectivity index (χ0n) is 17.3. The molecule has 0 spiro atoms. The third-order valence-electron chi connectivity index (χ3n) is 4.65. The number of nitrogens with zero attached hydrogens (tertiary/aromatic N) is 5. The van der Waals surface area contributed by atoms with Crippen molar-refractivity contribution in [3.63, 3.8) is 0 Å². The van der Waals surface area contributed by atoms with Crippen molar-refractivity contribution in [2.45, 2.75) is 32.3 Å². The molecule has 0 radical (unpaired) electrons. The summed E-state index contributed by atoms with van der Waals surface area (Å²) in [6, 6.07) is 7.49. The zero-order valence-corrected chi connectivity index (χ0v) is 17.3. The van der Waals surface area contributed by atoms with E-state index in [0.717, 1.165) is 28.9 Å². The molecule has 0 aliphatic carbocycles. The number of tetrazole rings is 1. The van der Waals surface area contributed by atoms with Crippen LogP contribution >= 0.6 is 0 Å². The van der Waals surface area contributed by atoms with Crippen LogP contribution in [-0.2, 0) is 30.8 Å². The third kappa shape index (κ3) is 5.23. The number of benzene rings is 2. The minimum absolute atomic E-state index is 0.101. The van der Waals surface area contributed by atoms with Gasteiger partial charge in [0.1, 0.15) is 6.61 Å². The molecule has 2 aromatic carbocycles. The van der Waals surface area contributed by atoms with E-state index in [9.17, 15) is 31.1 Å². The number of aryl methyl sites for hydroxylation is 1. The number of rotatable bonds is 6. The number of hydrogen-bond donors (Lipinski definition) is 0. The number of aromatic nitrogens is 4. The largest absolute Gasteiger partial charge is 0.416 e. The van der Waals surface area contributed by atoms with E-state index in [1.807, 2.05) is 0 Å². The van der Waals surface area contributed by atoms with Gasteiger partial charge in [0.2, 0.25) is 0 Å². The van der Waals surface area contributed by atoms with Gasteiger partial charge in [0.05, 0.1) is 22.5 Å². The fourth-order valence-electron chi connectivity index (χ4n) is 3.03. The van der Waals surface area contributed by atoms with E-state index in [1.165, 1.54) is 25.2 Å². The number of oxime groups is 1. The summed E-state index contributed by atoms with van der Waals surface area (Å²) < 4.78 is 81.3. The highest BCUT2D eigenvalue weighted by Gasteiger charge is 2.35. The van der Waals surface area contributed by atoms with Gasteiger partial charge in [0.15, 0.2) is 0 Å². The van der Waals surface area contributed by atoms with Crippen molar-refractivity contribution in [1.82, 2.24) is 19.8 Å². The average Bonchev–Trinajstić information content (AvgIpc) is 3.08. The Morgan fingerprint density at radius 3 is 2.30 bits per heavy atom. The van der Waals surface area contributed by atoms with Crippen molar-refractivity contribution in [3.05, 3.63) is 75.2 Å². The molecule has 7 nitrogen and oxygen atoms in total. The van der Waals surface area contributed by atoms with Gasteiger partial charge < -0.3 is 4.84 Å². The van der Waals surface area contributed by atoms with Crippen molar-refractivity contribution in [2.24, 2.45) is 12.2 Å². The lowest BCUT2D eigenvalue weighted by Crippen LogP contribution is -2.24. The average molecular weight is 473 g/mol. The van der Waals surface area contributed by atoms with Gasteiger partial charge in [0, 0.05) is 12.6 Å². The van der Waals surface area contributed by atoms with Gasteiger partial charge in [-0.2, -0.15) is 35.7 Å². The SMILES string of the molecule is CC/C(=N/OCc1c(-n2nnn(C)c2=O)cccc1C(F)(F)F)c1cccc(C(F)(F)F)c1. The maximum atomic E-state index is 13.6. The molecule has 0 aliphatic rings. The van der Waals surface area contributed by atoms with Gasteiger partial charge in [0.25, 0.3) is 0 Å². The molecule has 0 unspecified atom stereocenters. The topological polar surface area (TPSA) is 74.3 Å². The van der Waals surface area contributed by atoms with E-state index in [4.69, 9.17) is 4.84 Å². The summed E-state index contributed by atoms with van der Waals surface area (Å²) in [6.07, 6.45) is -9.20. The summed E-state index contributed by atoms with van der Waals surface area (Å²) in [6.45, 7) is 0.882. The van der Waals surface area contributed by atoms with E-state index < -0.39 is 41.3 Å². The van der Waals surface area contributed by atoms with Crippen LogP contribution in [0.15, 0.2) is 52.4 Å². The Morgan fingerprint density at radius 1 is 1.03 bits per heavy atom. The first-order valence-corrected chi connectivity index (χ1v) is 9.48. The molecular weight excluding hydrogens is 456 g/mol. The fourth-order valence-corrected chi connectivity index (χ4v) is 3.03. The number of hydrogen-bond acceptors (Lipinski definition) is 5. The van der Waals surface area contributed by atoms with Gasteiger partial charge in [-0.3, -0.25) is 0 Å². The van der Waals surface area contributed by atoms with Gasteiger partial charge in [-0.1, -0.05) is 30.3 Å². The molecule has 0 fully saturated rings. The third-order valence-corrected chi connectivity index (χ3v) is 4.65. The van der Waals surface area contributed by atoms with E-state index in [1.54, 1.807) is 6.92 Å². The predicted octanol–water partition coefficient (Wildman–Crippen LogP) is 4.33. The molecular formula is C20H17F6N5O2. The Morgan fingerprint density at radius 2 is 1.73 bits per heavy atom. The number of halogens is 6. The molecule has 0 saturated heterocycles. The van der Waals surface area contributed by atoms with Gasteiger partial charge in [-0.25, -0.2) is 4.79 Å². The van der Waals surface area contributed by atoms with Crippen LogP contribution in [0.4, 0.5) is 26.3 Å². The van der Waals surface area contributed by atoms with E-state index >= 15 is 0 Å². The fraction of sp³-hybridized carbons (Fsp3) is 0.300. The Labute approximate surface area is 182 Å². The van der Waals surface area contributed by atoms with Crippen LogP contribution < -0.4 is 5.69 Å². The van der Waals surface area contributed by atoms with Crippen LogP contribution in [0.1, 0.15) is 35.6 Å². The maximum Gasteiger partial charge on any atom is 0.416 e. The van der Waals surface area contributed by atoms with Crippen molar-refractivity contribution in [2.75, 3.05) is 0 Å². The highest BCUT2D eigenvalue weighted by molar-refractivity contribution is 6.00. The van der Waals surface area contributed by atoms with E-state index in [0.29, 0.717) is 4.68 Å². The van der Waals surface area contributed by atoms with Crippen LogP contribution in [0.2, 0.25) is 0 Å². The predicted molar refractivity (Wildman–Crippen MR) is 105 cm³/mol. The van der Waals surface area contributed by atoms with Crippen LogP contribution in [-0.4, -0.2) is 25.5 Å². The Balaban J connectivity index is 1.98. The van der Waals surface area contributed by atoms with Crippen LogP contribution in [0.5, 0.6) is 0 Å². The van der Waals surface area contributed by atoms with Crippen LogP contribution in [0.3, 0.4) is 0 Å². The molecule has 0 N–H and O–H groups in total. The summed E-state index contributed by atoms with van der Waals surface area (Å²) in [5.41, 5.74) is -3.19. The highest BCUT2D eigenvalue weighted by Crippen LogP contribution is 2.35. The molecule has 176 valence electrons. The van der Waals surface area contributed by atoms with Crippen molar-refractivity contribution in [3.8, 4) is 5.69 Å². The lowest BCUT2D eigenvalue weighted by molar-refractivity contribution is -0.139. The molecule has 0 amide bonds. The van der Waals surface area contributed by atoms with E-state index in [2.05, 4.69) is 15.6 Å². The molecule has 0 atom stereocenters. The van der Waals surface area contributed by atoms with Crippen molar-refractivity contribution >= 4 is 5.71 Å². The first-order valence-electron chi connectivity index (χ1n) is 9.48. The highest BCUT2D eigenvalue weighted by atomic mass is 19.4. The summed E-state index contributed by atoms with van der Waals surface area (Å²) >= 11 is 0. The summed E-state index contributed by atoms with van der Waals surface area (Å²) in [5, 5.41) is 10.8. The smallest absolute Gasteiger partial charge is 0.391 e. The normalized spacial score (nSPS) is 12.8. The Hall–Kier alpha value is -3.64. The molecule has 1 heterocycles. The molecule has 3 rings (SSSR count). The molecule has 0 bridgehead atoms. The minimum Gasteiger partial charge on any atom is -0.391 e. The maximum absolute atomic E-state index is 13.6. The minimum atomic E-state index is -4.78. The second-order valence-electron chi connectivity index (χ2n) is 6.84. The van der Waals surface area contributed by atoms with Crippen LogP contribution in [0, 0.1) is 0 Å². The second kappa shape index (κ2) is 9.08. The first kappa shape index (κ1) is 24.0. The monoisotopic (exact) mass is 473 g/mol. The standard InChI is InChI=1S/C20H17F6N5O2/c1-3-16(12-6-4-7-13(10-12)19(21,22)23)27-33-11-14-15(20(24,25)26)8-5-9-17(14)31-18(32)30(2)28-29-31/h4-10H,3,11H2,1-2H3/b27-16-. The second-order valence-corrected chi connectivity index (χ2v) is 6.84. The van der Waals surface area contributed by atoms with Crippen molar-refractivity contribution < 1.29 is 31.2 Å². The molecule has 3 aromatic rings. The Kier molecular flexibility index (Phi) is 6.60. The summed E-state index contributed by atoms with van der Waals surface area (Å²) in [7, 11) is 1.28. The zero-order chi connectivity index (χ0) is 24.4. The first-order chi connectivity index (χ1) is 15.4. The molecule has 1 aromatic heterocycles. The molecule has 0 aliphatic heterocycles. The quantitative estimate of drug-likeness (QED) is 0.304. The van der Waals surface area contributed by atoms with Crippen molar-refractivity contribution in [1.29, 1.82) is 0 Å². The number of alkyl halides is 6. The summed E-state index contributed by atoms with van der Waals surface area (Å²) in [4.78, 5) is 17.3. The Bertz CT molecular complexity index is 1230. The van der Waals surface area contributed by atoms with E-state index in [-0.39, 0.29) is 23.4 Å². The van der Waals surface area contributed by atoms with Gasteiger partial charge >= 0.3 is 18.0 Å². The van der Waals surface area contributed by atoms with Gasteiger partial charge in [-0.05, 0) is 46.7 Å². The lowest BCUT2D eigenvalue weighted by Gasteiger charge is -2.15. The lowest BCUT2D eigenvalue weighted by atomic mass is 10.0. The molecule has 13 heteroatoms. The van der Waals surface area contributed by atoms with Crippen LogP contribution in [0.25, 0.3) is 5.69 Å². The molecule has 33 heavy (non-hydrogen) atoms. The van der Waals surface area contributed by atoms with Gasteiger partial charge in [-0.15, -0.1) is 0 Å².